The van der Waals surface area contributed by atoms with Crippen molar-refractivity contribution in [3.05, 3.63) is 48.0 Å². The summed E-state index contributed by atoms with van der Waals surface area (Å²) in [6.07, 6.45) is 3.73. The first-order valence-electron chi connectivity index (χ1n) is 7.48. The number of carbonyl (C=O) groups is 1. The van der Waals surface area contributed by atoms with Gasteiger partial charge < -0.3 is 10.4 Å². The second-order valence-electron chi connectivity index (χ2n) is 6.64. The Hall–Kier alpha value is -1.61. The normalized spacial score (nSPS) is 14.9. The highest BCUT2D eigenvalue weighted by atomic mass is 16.3. The van der Waals surface area contributed by atoms with E-state index in [1.807, 2.05) is 36.4 Å². The largest absolute Gasteiger partial charge is 0.393 e. The van der Waals surface area contributed by atoms with Crippen LogP contribution in [0.25, 0.3) is 0 Å². The molecular weight excluding hydrogens is 262 g/mol. The van der Waals surface area contributed by atoms with Crippen molar-refractivity contribution in [1.82, 2.24) is 5.32 Å². The Morgan fingerprint density at radius 2 is 1.90 bits per heavy atom. The van der Waals surface area contributed by atoms with E-state index in [-0.39, 0.29) is 17.2 Å². The molecule has 1 amide bonds. The van der Waals surface area contributed by atoms with Crippen LogP contribution in [0.4, 0.5) is 0 Å². The van der Waals surface area contributed by atoms with E-state index >= 15 is 0 Å². The smallest absolute Gasteiger partial charge is 0.243 e. The maximum Gasteiger partial charge on any atom is 0.243 e. The molecule has 1 rings (SSSR count). The molecule has 116 valence electrons. The molecule has 0 saturated carbocycles. The van der Waals surface area contributed by atoms with Gasteiger partial charge in [0, 0.05) is 12.5 Å². The van der Waals surface area contributed by atoms with Gasteiger partial charge in [-0.2, -0.15) is 0 Å². The van der Waals surface area contributed by atoms with Crippen molar-refractivity contribution in [1.29, 1.82) is 0 Å². The zero-order valence-corrected chi connectivity index (χ0v) is 13.5. The molecule has 0 aliphatic carbocycles. The van der Waals surface area contributed by atoms with Crippen LogP contribution in [0.1, 0.15) is 45.6 Å². The highest BCUT2D eigenvalue weighted by Gasteiger charge is 2.15. The first-order chi connectivity index (χ1) is 9.78. The maximum atomic E-state index is 11.9. The molecule has 3 nitrogen and oxygen atoms in total. The molecule has 0 aromatic heterocycles. The molecule has 1 aromatic carbocycles. The molecule has 0 heterocycles. The molecule has 2 N–H and O–H groups in total. The molecule has 0 aliphatic heterocycles. The summed E-state index contributed by atoms with van der Waals surface area (Å²) in [5.41, 5.74) is 1.13. The van der Waals surface area contributed by atoms with Gasteiger partial charge in [-0.25, -0.2) is 0 Å². The summed E-state index contributed by atoms with van der Waals surface area (Å²) < 4.78 is 0. The van der Waals surface area contributed by atoms with Crippen LogP contribution in [0.2, 0.25) is 0 Å². The third kappa shape index (κ3) is 7.66. The topological polar surface area (TPSA) is 49.3 Å². The van der Waals surface area contributed by atoms with E-state index in [9.17, 15) is 9.90 Å². The van der Waals surface area contributed by atoms with Gasteiger partial charge in [-0.1, -0.05) is 57.2 Å². The van der Waals surface area contributed by atoms with E-state index in [0.29, 0.717) is 13.0 Å². The second-order valence-corrected chi connectivity index (χ2v) is 6.64. The van der Waals surface area contributed by atoms with Gasteiger partial charge in [0.1, 0.15) is 0 Å². The lowest BCUT2D eigenvalue weighted by Crippen LogP contribution is -2.28. The summed E-state index contributed by atoms with van der Waals surface area (Å²) in [5.74, 6) is 0.0367. The number of nitrogens with one attached hydrogen (secondary N) is 1. The Morgan fingerprint density at radius 3 is 2.43 bits per heavy atom. The first kappa shape index (κ1) is 17.4. The number of amides is 1. The van der Waals surface area contributed by atoms with Crippen molar-refractivity contribution in [3.63, 3.8) is 0 Å². The number of hydrogen-bond donors (Lipinski definition) is 2. The molecule has 0 fully saturated rings. The minimum atomic E-state index is -0.391. The van der Waals surface area contributed by atoms with E-state index in [4.69, 9.17) is 0 Å². The van der Waals surface area contributed by atoms with Crippen LogP contribution in [0.3, 0.4) is 0 Å². The van der Waals surface area contributed by atoms with Gasteiger partial charge in [-0.05, 0) is 30.4 Å². The van der Waals surface area contributed by atoms with Gasteiger partial charge in [-0.15, -0.1) is 0 Å². The van der Waals surface area contributed by atoms with E-state index < -0.39 is 6.10 Å². The summed E-state index contributed by atoms with van der Waals surface area (Å²) in [5, 5.41) is 12.6. The lowest BCUT2D eigenvalue weighted by Gasteiger charge is -2.19. The van der Waals surface area contributed by atoms with Gasteiger partial charge in [0.15, 0.2) is 0 Å². The predicted octanol–water partition coefficient (Wildman–Crippen LogP) is 3.26. The Kier molecular flexibility index (Phi) is 6.63. The van der Waals surface area contributed by atoms with Gasteiger partial charge in [-0.3, -0.25) is 4.79 Å². The fourth-order valence-electron chi connectivity index (χ4n) is 2.08. The van der Waals surface area contributed by atoms with E-state index in [1.165, 1.54) is 0 Å². The molecule has 2 atom stereocenters. The van der Waals surface area contributed by atoms with Crippen molar-refractivity contribution < 1.29 is 9.90 Å². The Balaban J connectivity index is 2.62. The second kappa shape index (κ2) is 7.99. The molecule has 0 aliphatic rings. The standard InChI is InChI=1S/C18H27NO2/c1-14(20)12-16(15-8-6-5-7-9-15)13-19-17(21)10-11-18(2,3)4/h5-11,14,16,20H,12-13H2,1-4H3,(H,19,21)/b11-10+. The molecular formula is C18H27NO2. The molecule has 0 radical (unpaired) electrons. The maximum absolute atomic E-state index is 11.9. The minimum Gasteiger partial charge on any atom is -0.393 e. The Labute approximate surface area is 128 Å². The predicted molar refractivity (Wildman–Crippen MR) is 87.1 cm³/mol. The Morgan fingerprint density at radius 1 is 1.29 bits per heavy atom. The number of aliphatic hydroxyl groups excluding tert-OH is 1. The number of carbonyl (C=O) groups excluding carboxylic acids is 1. The van der Waals surface area contributed by atoms with Crippen molar-refractivity contribution in [2.45, 2.75) is 46.1 Å². The highest BCUT2D eigenvalue weighted by Crippen LogP contribution is 2.20. The Bertz CT molecular complexity index is 458. The SMILES string of the molecule is CC(O)CC(CNC(=O)/C=C/C(C)(C)C)c1ccccc1. The quantitative estimate of drug-likeness (QED) is 0.790. The zero-order valence-electron chi connectivity index (χ0n) is 13.5. The molecule has 1 aromatic rings. The minimum absolute atomic E-state index is 0.00418. The summed E-state index contributed by atoms with van der Waals surface area (Å²) in [7, 11) is 0. The van der Waals surface area contributed by atoms with Crippen LogP contribution in [-0.2, 0) is 4.79 Å². The van der Waals surface area contributed by atoms with Gasteiger partial charge in [0.25, 0.3) is 0 Å². The molecule has 3 heteroatoms. The lowest BCUT2D eigenvalue weighted by molar-refractivity contribution is -0.116. The van der Waals surface area contributed by atoms with Gasteiger partial charge in [0.2, 0.25) is 5.91 Å². The molecule has 0 spiro atoms. The highest BCUT2D eigenvalue weighted by molar-refractivity contribution is 5.87. The lowest BCUT2D eigenvalue weighted by atomic mass is 9.93. The molecule has 0 saturated heterocycles. The van der Waals surface area contributed by atoms with Crippen LogP contribution >= 0.6 is 0 Å². The number of benzene rings is 1. The molecule has 0 bridgehead atoms. The first-order valence-corrected chi connectivity index (χ1v) is 7.48. The monoisotopic (exact) mass is 289 g/mol. The average molecular weight is 289 g/mol. The van der Waals surface area contributed by atoms with Crippen molar-refractivity contribution in [2.24, 2.45) is 5.41 Å². The number of allylic oxidation sites excluding steroid dienone is 1. The summed E-state index contributed by atoms with van der Waals surface area (Å²) in [6.45, 7) is 8.46. The fourth-order valence-corrected chi connectivity index (χ4v) is 2.08. The van der Waals surface area contributed by atoms with Crippen LogP contribution in [0.5, 0.6) is 0 Å². The third-order valence-electron chi connectivity index (χ3n) is 3.15. The van der Waals surface area contributed by atoms with Crippen molar-refractivity contribution in [3.8, 4) is 0 Å². The summed E-state index contributed by atoms with van der Waals surface area (Å²) >= 11 is 0. The fraction of sp³-hybridized carbons (Fsp3) is 0.500. The van der Waals surface area contributed by atoms with E-state index in [1.54, 1.807) is 13.0 Å². The van der Waals surface area contributed by atoms with Crippen LogP contribution < -0.4 is 5.32 Å². The van der Waals surface area contributed by atoms with E-state index in [0.717, 1.165) is 5.56 Å². The van der Waals surface area contributed by atoms with Gasteiger partial charge in [0.05, 0.1) is 6.10 Å². The number of aliphatic hydroxyl groups is 1. The number of hydrogen-bond acceptors (Lipinski definition) is 2. The molecule has 21 heavy (non-hydrogen) atoms. The van der Waals surface area contributed by atoms with Crippen LogP contribution in [0.15, 0.2) is 42.5 Å². The number of rotatable bonds is 6. The van der Waals surface area contributed by atoms with Crippen LogP contribution in [0, 0.1) is 5.41 Å². The van der Waals surface area contributed by atoms with E-state index in [2.05, 4.69) is 26.1 Å². The molecule has 2 unspecified atom stereocenters. The van der Waals surface area contributed by atoms with Gasteiger partial charge >= 0.3 is 0 Å². The zero-order chi connectivity index (χ0) is 15.9. The van der Waals surface area contributed by atoms with Crippen molar-refractivity contribution >= 4 is 5.91 Å². The van der Waals surface area contributed by atoms with Crippen molar-refractivity contribution in [2.75, 3.05) is 6.54 Å². The van der Waals surface area contributed by atoms with Crippen LogP contribution in [-0.4, -0.2) is 23.7 Å². The summed E-state index contributed by atoms with van der Waals surface area (Å²) in [6, 6.07) is 9.99. The average Bonchev–Trinajstić information content (AvgIpc) is 2.41. The summed E-state index contributed by atoms with van der Waals surface area (Å²) in [4.78, 5) is 11.9. The third-order valence-corrected chi connectivity index (χ3v) is 3.15.